The van der Waals surface area contributed by atoms with Gasteiger partial charge in [-0.3, -0.25) is 71.7 Å². The number of aliphatic hydroxyl groups is 1. The average molecular weight is 1350 g/mol. The van der Waals surface area contributed by atoms with Crippen LogP contribution in [0, 0.1) is 0 Å². The first-order valence-corrected chi connectivity index (χ1v) is 32.0. The summed E-state index contributed by atoms with van der Waals surface area (Å²) in [4.78, 5) is 190. The predicted octanol–water partition coefficient (Wildman–Crippen LogP) is -3.91. The number of aliphatic hydroxyl groups excluding tert-OH is 1. The number of nitrogens with one attached hydrogen (secondary N) is 11. The number of carbonyl (C=O) groups is 14. The van der Waals surface area contributed by atoms with E-state index in [-0.39, 0.29) is 30.6 Å². The average Bonchev–Trinajstić information content (AvgIpc) is 1.60. The van der Waals surface area contributed by atoms with Crippen LogP contribution in [0.15, 0.2) is 84.3 Å². The zero-order valence-electron chi connectivity index (χ0n) is 50.8. The highest BCUT2D eigenvalue weighted by Gasteiger charge is 2.38. The van der Waals surface area contributed by atoms with Crippen LogP contribution in [0.3, 0.4) is 0 Å². The number of amides is 11. The van der Waals surface area contributed by atoms with E-state index < -0.39 is 204 Å². The third-order valence-corrected chi connectivity index (χ3v) is 15.8. The van der Waals surface area contributed by atoms with Gasteiger partial charge >= 0.3 is 22.3 Å². The second-order valence-corrected chi connectivity index (χ2v) is 23.9. The number of carbonyl (C=O) groups excluding carboxylic acids is 12. The van der Waals surface area contributed by atoms with E-state index in [0.717, 1.165) is 13.0 Å². The second-order valence-electron chi connectivity index (χ2n) is 21.9. The summed E-state index contributed by atoms with van der Waals surface area (Å²) in [5, 5.41) is 54.0. The highest BCUT2D eigenvalue weighted by atomic mass is 32.3. The smallest absolute Gasteiger partial charge is 0.397 e. The Morgan fingerprint density at radius 1 is 0.670 bits per heavy atom. The lowest BCUT2D eigenvalue weighted by atomic mass is 9.95. The van der Waals surface area contributed by atoms with Crippen LogP contribution in [0.2, 0.25) is 0 Å². The number of H-pyrrole nitrogens is 1. The maximum Gasteiger partial charge on any atom is 0.397 e. The summed E-state index contributed by atoms with van der Waals surface area (Å²) < 4.78 is 38.5. The van der Waals surface area contributed by atoms with Crippen molar-refractivity contribution in [3.8, 4) is 0 Å². The van der Waals surface area contributed by atoms with Gasteiger partial charge in [-0.15, -0.1) is 0 Å². The third kappa shape index (κ3) is 24.4. The first-order valence-electron chi connectivity index (χ1n) is 29.2. The van der Waals surface area contributed by atoms with Gasteiger partial charge in [0.25, 0.3) is 0 Å². The molecule has 3 aromatic rings. The van der Waals surface area contributed by atoms with Crippen molar-refractivity contribution < 1.29 is 99.6 Å². The molecule has 0 saturated carbocycles. The monoisotopic (exact) mass is 1350 g/mol. The van der Waals surface area contributed by atoms with Gasteiger partial charge in [0.1, 0.15) is 54.4 Å². The van der Waals surface area contributed by atoms with Crippen LogP contribution in [0.1, 0.15) is 75.8 Å². The highest BCUT2D eigenvalue weighted by Crippen LogP contribution is 2.22. The fraction of sp³-hybridized carbons (Fsp3) is 0.448. The number of nitrogens with two attached hydrogens (primary N) is 2. The summed E-state index contributed by atoms with van der Waals surface area (Å²) in [6, 6.07) is 0.147. The lowest BCUT2D eigenvalue weighted by Gasteiger charge is -2.28. The first-order chi connectivity index (χ1) is 44.4. The minimum absolute atomic E-state index is 0.0267. The Kier molecular flexibility index (Phi) is 28.6. The minimum Gasteiger partial charge on any atom is -0.504 e. The standard InChI is InChI=1S/C58H75N13O21S2/c1-29(92-94(89,90)91)49(71-57(87)39(22-31-14-16-43(72)44(73)23-31)68-56(86)42(26-48(78)79)69-52(82)36(15-17-45(59)74)65-51(81)35-13-8-19-61-35)58(88)63-28-46(75)64-40(24-32-27-62-34-12-7-6-11-33(32)34)54(84)66-37(18-20-93-2)53(83)70-41(25-47(76)77)55(85)67-38(50(60)80)21-30-9-4-3-5-10-30/h3-7,9-12,14,16,27,29,35-42,49,61-62,72H,8,13,15,17-26,28H2,1-2H3,(H2,59,74)(H2,60,80)(H,63,88)(H,64,75)(H,65,81)(H,66,84)(H,67,85)(H,68,86)(H,69,82)(H,70,83)(H,71,87)(H,76,77)(H,78,79)(H,89,90,91)/t29-,35+,36+,37+,38+,39+,40+,41+,42+,49+/m1/s1. The Hall–Kier alpha value is -9.78. The third-order valence-electron chi connectivity index (χ3n) is 14.6. The Balaban J connectivity index is 1.40. The lowest BCUT2D eigenvalue weighted by molar-refractivity contribution is -0.142. The number of para-hydroxylation sites is 1. The Bertz CT molecular complexity index is 3500. The van der Waals surface area contributed by atoms with Gasteiger partial charge in [0.2, 0.25) is 70.8 Å². The number of primary amides is 2. The molecule has 1 fully saturated rings. The molecule has 94 heavy (non-hydrogen) atoms. The number of aliphatic carboxylic acids is 2. The number of carboxylic acid groups (broad SMARTS) is 2. The Morgan fingerprint density at radius 2 is 1.22 bits per heavy atom. The van der Waals surface area contributed by atoms with Gasteiger partial charge in [-0.2, -0.15) is 20.2 Å². The maximum absolute atomic E-state index is 14.5. The summed E-state index contributed by atoms with van der Waals surface area (Å²) >= 11 is 1.24. The number of hydrogen-bond donors (Lipinski definition) is 17. The second kappa shape index (κ2) is 35.9. The van der Waals surface area contributed by atoms with E-state index >= 15 is 0 Å². The van der Waals surface area contributed by atoms with Gasteiger partial charge < -0.3 is 84.9 Å². The fourth-order valence-corrected chi connectivity index (χ4v) is 10.8. The van der Waals surface area contributed by atoms with Crippen molar-refractivity contribution in [3.05, 3.63) is 95.4 Å². The molecule has 0 radical (unpaired) electrons. The van der Waals surface area contributed by atoms with Gasteiger partial charge in [0, 0.05) is 42.8 Å². The zero-order valence-corrected chi connectivity index (χ0v) is 52.4. The van der Waals surface area contributed by atoms with Crippen molar-refractivity contribution in [1.82, 2.24) is 58.2 Å². The molecule has 34 nitrogen and oxygen atoms in total. The SMILES string of the molecule is CSCC[C@H](NC(=O)[C@H](Cc1c[nH]c2ccccc12)NC(=O)CNC(=O)[C@@H](NC(=O)[C@H](CC1=CC=C(O)C(=O)C1)NC(=O)[C@H](CC(=O)O)NC(=O)[C@H](CCC(N)=O)NC(=O)[C@@H]1CCCN1)[C@@H](C)OS(=O)(=O)O)C(=O)N[C@@H](CC(=O)O)C(=O)N[C@@H](Cc1ccccc1)C(N)=O. The minimum atomic E-state index is -5.48. The molecule has 1 saturated heterocycles. The van der Waals surface area contributed by atoms with Gasteiger partial charge in [-0.05, 0) is 80.9 Å². The normalized spacial score (nSPS) is 16.6. The van der Waals surface area contributed by atoms with Gasteiger partial charge in [-0.1, -0.05) is 60.2 Å². The molecule has 1 aliphatic carbocycles. The maximum atomic E-state index is 14.5. The summed E-state index contributed by atoms with van der Waals surface area (Å²) in [6.07, 6.45) is -0.612. The summed E-state index contributed by atoms with van der Waals surface area (Å²) in [6.45, 7) is 0.238. The van der Waals surface area contributed by atoms with Crippen LogP contribution in [0.5, 0.6) is 0 Å². The number of carboxylic acids is 2. The molecule has 2 aromatic carbocycles. The number of Topliss-reactive ketones (excluding diaryl/α,β-unsaturated/α-hetero) is 1. The van der Waals surface area contributed by atoms with E-state index in [0.29, 0.717) is 41.4 Å². The molecular formula is C58H75N13O21S2. The molecule has 0 unspecified atom stereocenters. The number of rotatable bonds is 38. The quantitative estimate of drug-likeness (QED) is 0.0244. The molecule has 19 N–H and O–H groups in total. The molecule has 0 bridgehead atoms. The number of allylic oxidation sites excluding steroid dienone is 3. The van der Waals surface area contributed by atoms with E-state index in [1.165, 1.54) is 24.0 Å². The van der Waals surface area contributed by atoms with Crippen LogP contribution < -0.4 is 64.6 Å². The number of benzene rings is 2. The molecule has 11 amide bonds. The largest absolute Gasteiger partial charge is 0.504 e. The molecule has 2 heterocycles. The first kappa shape index (κ1) is 74.9. The van der Waals surface area contributed by atoms with E-state index in [1.54, 1.807) is 60.9 Å². The zero-order chi connectivity index (χ0) is 69.4. The van der Waals surface area contributed by atoms with Crippen molar-refractivity contribution in [2.24, 2.45) is 11.5 Å². The van der Waals surface area contributed by atoms with Crippen molar-refractivity contribution in [1.29, 1.82) is 0 Å². The molecule has 5 rings (SSSR count). The van der Waals surface area contributed by atoms with Gasteiger partial charge in [-0.25, -0.2) is 4.18 Å². The fourth-order valence-electron chi connectivity index (χ4n) is 9.85. The number of aromatic amines is 1. The van der Waals surface area contributed by atoms with Crippen LogP contribution >= 0.6 is 11.8 Å². The molecule has 10 atom stereocenters. The Labute approximate surface area is 541 Å². The predicted molar refractivity (Wildman–Crippen MR) is 332 cm³/mol. The van der Waals surface area contributed by atoms with E-state index in [1.807, 2.05) is 0 Å². The summed E-state index contributed by atoms with van der Waals surface area (Å²) in [5.41, 5.74) is 12.5. The molecule has 36 heteroatoms. The van der Waals surface area contributed by atoms with Crippen molar-refractivity contribution in [3.63, 3.8) is 0 Å². The van der Waals surface area contributed by atoms with Crippen LogP contribution in [-0.4, -0.2) is 202 Å². The number of thioether (sulfide) groups is 1. The van der Waals surface area contributed by atoms with Crippen molar-refractivity contribution >= 4 is 116 Å². The van der Waals surface area contributed by atoms with Crippen molar-refractivity contribution in [2.45, 2.75) is 138 Å². The summed E-state index contributed by atoms with van der Waals surface area (Å²) in [7, 11) is -5.48. The summed E-state index contributed by atoms with van der Waals surface area (Å²) in [5.74, 6) is -16.9. The molecule has 510 valence electrons. The van der Waals surface area contributed by atoms with Gasteiger partial charge in [0.15, 0.2) is 5.76 Å². The molecule has 1 aliphatic heterocycles. The van der Waals surface area contributed by atoms with Gasteiger partial charge in [0.05, 0.1) is 25.4 Å². The molecular weight excluding hydrogens is 1280 g/mol. The highest BCUT2D eigenvalue weighted by molar-refractivity contribution is 7.98. The van der Waals surface area contributed by atoms with E-state index in [4.69, 9.17) is 11.5 Å². The van der Waals surface area contributed by atoms with E-state index in [2.05, 4.69) is 62.3 Å². The molecule has 2 aliphatic rings. The lowest BCUT2D eigenvalue weighted by Crippen LogP contribution is -2.61. The number of aromatic nitrogens is 1. The molecule has 1 aromatic heterocycles. The van der Waals surface area contributed by atoms with Crippen molar-refractivity contribution in [2.75, 3.05) is 25.1 Å². The number of ketones is 1. The van der Waals surface area contributed by atoms with Crippen LogP contribution in [0.4, 0.5) is 0 Å². The number of hydrogen-bond acceptors (Lipinski definition) is 20. The topological polar surface area (TPSA) is 551 Å². The number of fused-ring (bicyclic) bond motifs is 1. The Morgan fingerprint density at radius 3 is 1.80 bits per heavy atom. The van der Waals surface area contributed by atoms with Crippen LogP contribution in [-0.2, 0) is 94.5 Å². The van der Waals surface area contributed by atoms with E-state index in [9.17, 15) is 95.4 Å². The van der Waals surface area contributed by atoms with Crippen LogP contribution in [0.25, 0.3) is 10.9 Å². The molecule has 0 spiro atoms.